The average molecular weight is 579 g/mol. The lowest BCUT2D eigenvalue weighted by atomic mass is 9.93. The predicted octanol–water partition coefficient (Wildman–Crippen LogP) is 7.06. The number of benzene rings is 3. The number of fused-ring (bicyclic) bond motifs is 1. The quantitative estimate of drug-likeness (QED) is 0.109. The molecule has 0 saturated heterocycles. The molecule has 222 valence electrons. The standard InChI is InChI=1S/C35H38N4O4/c1-18-10-7-13-28-31(18)39-30(38-28)15-9-12-26-22(5)33(41)23(6)27(35(26)43)16-24-17-36-29(37-24)14-8-11-25-21(4)32(40)19(2)20(3)34(25)42/h7-13,17,40-43H,14-16H2,1-6H3,(H,36,37)(H,38,39)/b11-8+,12-9+. The number of aromatic amines is 2. The first-order valence-electron chi connectivity index (χ1n) is 14.3. The maximum atomic E-state index is 11.3. The Hall–Kier alpha value is -4.98. The molecule has 0 saturated carbocycles. The second-order valence-electron chi connectivity index (χ2n) is 11.2. The van der Waals surface area contributed by atoms with E-state index < -0.39 is 0 Å². The van der Waals surface area contributed by atoms with E-state index in [9.17, 15) is 20.4 Å². The van der Waals surface area contributed by atoms with Crippen LogP contribution in [0.1, 0.15) is 67.4 Å². The van der Waals surface area contributed by atoms with Crippen molar-refractivity contribution in [1.29, 1.82) is 0 Å². The third-order valence-electron chi connectivity index (χ3n) is 8.40. The van der Waals surface area contributed by atoms with Crippen molar-refractivity contribution in [1.82, 2.24) is 19.9 Å². The maximum absolute atomic E-state index is 11.3. The molecule has 43 heavy (non-hydrogen) atoms. The zero-order valence-corrected chi connectivity index (χ0v) is 25.4. The molecule has 0 aliphatic heterocycles. The Kier molecular flexibility index (Phi) is 8.04. The molecule has 0 aliphatic carbocycles. The molecule has 0 unspecified atom stereocenters. The van der Waals surface area contributed by atoms with E-state index in [4.69, 9.17) is 4.98 Å². The number of nitrogens with one attached hydrogen (secondary N) is 2. The second-order valence-corrected chi connectivity index (χ2v) is 11.2. The number of aryl methyl sites for hydroxylation is 1. The van der Waals surface area contributed by atoms with Gasteiger partial charge in [0.25, 0.3) is 0 Å². The van der Waals surface area contributed by atoms with Crippen molar-refractivity contribution in [2.45, 2.75) is 60.8 Å². The van der Waals surface area contributed by atoms with E-state index in [1.54, 1.807) is 46.9 Å². The summed E-state index contributed by atoms with van der Waals surface area (Å²) in [5.41, 5.74) is 8.80. The summed E-state index contributed by atoms with van der Waals surface area (Å²) < 4.78 is 0. The molecule has 5 rings (SSSR count). The van der Waals surface area contributed by atoms with Gasteiger partial charge in [0.05, 0.1) is 11.0 Å². The molecule has 0 bridgehead atoms. The van der Waals surface area contributed by atoms with Crippen molar-refractivity contribution in [2.24, 2.45) is 0 Å². The first-order chi connectivity index (χ1) is 20.5. The van der Waals surface area contributed by atoms with Gasteiger partial charge in [0.15, 0.2) is 0 Å². The van der Waals surface area contributed by atoms with Crippen LogP contribution in [0.5, 0.6) is 23.0 Å². The van der Waals surface area contributed by atoms with Gasteiger partial charge < -0.3 is 30.4 Å². The summed E-state index contributed by atoms with van der Waals surface area (Å²) in [6, 6.07) is 6.03. The smallest absolute Gasteiger partial charge is 0.127 e. The number of allylic oxidation sites excluding steroid dienone is 2. The highest BCUT2D eigenvalue weighted by molar-refractivity contribution is 5.78. The highest BCUT2D eigenvalue weighted by Crippen LogP contribution is 2.39. The number of aromatic nitrogens is 4. The molecule has 0 amide bonds. The molecule has 0 radical (unpaired) electrons. The van der Waals surface area contributed by atoms with Crippen molar-refractivity contribution in [3.05, 3.63) is 104 Å². The Labute approximate surface area is 251 Å². The largest absolute Gasteiger partial charge is 0.507 e. The zero-order valence-electron chi connectivity index (χ0n) is 25.4. The Bertz CT molecular complexity index is 1880. The fraction of sp³-hybridized carbons (Fsp3) is 0.257. The summed E-state index contributed by atoms with van der Waals surface area (Å²) in [5.74, 6) is 2.17. The van der Waals surface area contributed by atoms with Crippen LogP contribution in [-0.2, 0) is 19.3 Å². The SMILES string of the molecule is Cc1c(C)c(O)c(/C=C/Cc2ncc(Cc3c(C)c(O)c(C)c(/C=C/Cc4nc5c(C)cccc5[nH]4)c3O)[nH]2)c(C)c1O. The minimum absolute atomic E-state index is 0.126. The van der Waals surface area contributed by atoms with Gasteiger partial charge in [-0.2, -0.15) is 0 Å². The molecule has 0 spiro atoms. The third-order valence-corrected chi connectivity index (χ3v) is 8.40. The van der Waals surface area contributed by atoms with Crippen molar-refractivity contribution in [2.75, 3.05) is 0 Å². The van der Waals surface area contributed by atoms with Gasteiger partial charge in [-0.3, -0.25) is 0 Å². The van der Waals surface area contributed by atoms with Crippen molar-refractivity contribution in [3.8, 4) is 23.0 Å². The summed E-state index contributed by atoms with van der Waals surface area (Å²) >= 11 is 0. The fourth-order valence-corrected chi connectivity index (χ4v) is 5.53. The van der Waals surface area contributed by atoms with Crippen LogP contribution in [0, 0.1) is 41.5 Å². The number of imidazole rings is 2. The van der Waals surface area contributed by atoms with Crippen LogP contribution in [0.4, 0.5) is 0 Å². The zero-order chi connectivity index (χ0) is 31.0. The molecule has 2 heterocycles. The van der Waals surface area contributed by atoms with Crippen LogP contribution in [0.15, 0.2) is 36.5 Å². The van der Waals surface area contributed by atoms with Crippen LogP contribution in [0.3, 0.4) is 0 Å². The average Bonchev–Trinajstić information content (AvgIpc) is 3.63. The second kappa shape index (κ2) is 11.7. The molecular formula is C35H38N4O4. The number of hydrogen-bond acceptors (Lipinski definition) is 6. The van der Waals surface area contributed by atoms with Gasteiger partial charge in [-0.1, -0.05) is 36.4 Å². The molecule has 8 nitrogen and oxygen atoms in total. The molecule has 2 aromatic heterocycles. The van der Waals surface area contributed by atoms with E-state index >= 15 is 0 Å². The first-order valence-corrected chi connectivity index (χ1v) is 14.3. The lowest BCUT2D eigenvalue weighted by Gasteiger charge is -2.16. The molecule has 3 aromatic carbocycles. The number of rotatable bonds is 8. The minimum Gasteiger partial charge on any atom is -0.507 e. The predicted molar refractivity (Wildman–Crippen MR) is 171 cm³/mol. The minimum atomic E-state index is 0.126. The Morgan fingerprint density at radius 2 is 1.28 bits per heavy atom. The molecule has 8 heteroatoms. The van der Waals surface area contributed by atoms with E-state index in [1.165, 1.54) is 0 Å². The lowest BCUT2D eigenvalue weighted by molar-refractivity contribution is 0.447. The summed E-state index contributed by atoms with van der Waals surface area (Å²) in [5, 5.41) is 43.2. The Morgan fingerprint density at radius 1 is 0.674 bits per heavy atom. The first kappa shape index (κ1) is 29.5. The molecular weight excluding hydrogens is 540 g/mol. The van der Waals surface area contributed by atoms with Crippen LogP contribution in [0.2, 0.25) is 0 Å². The Balaban J connectivity index is 1.33. The number of nitrogens with zero attached hydrogens (tertiary/aromatic N) is 2. The van der Waals surface area contributed by atoms with Crippen molar-refractivity contribution >= 4 is 23.2 Å². The van der Waals surface area contributed by atoms with E-state index in [1.807, 2.05) is 43.4 Å². The lowest BCUT2D eigenvalue weighted by Crippen LogP contribution is -1.99. The van der Waals surface area contributed by atoms with E-state index in [-0.39, 0.29) is 23.0 Å². The summed E-state index contributed by atoms with van der Waals surface area (Å²) in [4.78, 5) is 15.8. The summed E-state index contributed by atoms with van der Waals surface area (Å²) in [7, 11) is 0. The molecule has 0 atom stereocenters. The van der Waals surface area contributed by atoms with Crippen LogP contribution in [0.25, 0.3) is 23.2 Å². The number of para-hydroxylation sites is 1. The number of phenolic OH excluding ortho intramolecular Hbond substituents is 4. The normalized spacial score (nSPS) is 12.0. The number of phenols is 4. The number of hydrogen-bond donors (Lipinski definition) is 6. The number of aromatic hydroxyl groups is 4. The fourth-order valence-electron chi connectivity index (χ4n) is 5.53. The van der Waals surface area contributed by atoms with Gasteiger partial charge in [0, 0.05) is 59.0 Å². The van der Waals surface area contributed by atoms with Gasteiger partial charge >= 0.3 is 0 Å². The molecule has 0 fully saturated rings. The van der Waals surface area contributed by atoms with Gasteiger partial charge in [-0.05, 0) is 69.9 Å². The summed E-state index contributed by atoms with van der Waals surface area (Å²) in [6.45, 7) is 11.0. The topological polar surface area (TPSA) is 138 Å². The number of H-pyrrole nitrogens is 2. The van der Waals surface area contributed by atoms with Gasteiger partial charge in [-0.25, -0.2) is 9.97 Å². The van der Waals surface area contributed by atoms with E-state index in [0.717, 1.165) is 28.1 Å². The molecule has 0 aliphatic rings. The highest BCUT2D eigenvalue weighted by Gasteiger charge is 2.19. The maximum Gasteiger partial charge on any atom is 0.127 e. The van der Waals surface area contributed by atoms with E-state index in [0.29, 0.717) is 69.6 Å². The van der Waals surface area contributed by atoms with Crippen molar-refractivity contribution < 1.29 is 20.4 Å². The van der Waals surface area contributed by atoms with Crippen molar-refractivity contribution in [3.63, 3.8) is 0 Å². The van der Waals surface area contributed by atoms with Gasteiger partial charge in [0.2, 0.25) is 0 Å². The third kappa shape index (κ3) is 5.60. The summed E-state index contributed by atoms with van der Waals surface area (Å²) in [6.07, 6.45) is 10.5. The highest BCUT2D eigenvalue weighted by atomic mass is 16.3. The van der Waals surface area contributed by atoms with Crippen LogP contribution >= 0.6 is 0 Å². The van der Waals surface area contributed by atoms with E-state index in [2.05, 4.69) is 15.0 Å². The van der Waals surface area contributed by atoms with Crippen LogP contribution in [-0.4, -0.2) is 40.4 Å². The van der Waals surface area contributed by atoms with Gasteiger partial charge in [0.1, 0.15) is 34.6 Å². The van der Waals surface area contributed by atoms with Crippen LogP contribution < -0.4 is 0 Å². The monoisotopic (exact) mass is 578 g/mol. The molecule has 6 N–H and O–H groups in total. The molecule has 5 aromatic rings. The Morgan fingerprint density at radius 3 is 1.95 bits per heavy atom. The van der Waals surface area contributed by atoms with Gasteiger partial charge in [-0.15, -0.1) is 0 Å².